The van der Waals surface area contributed by atoms with Crippen LogP contribution in [0.1, 0.15) is 31.2 Å². The molecule has 1 aromatic rings. The van der Waals surface area contributed by atoms with Gasteiger partial charge in [-0.15, -0.1) is 0 Å². The summed E-state index contributed by atoms with van der Waals surface area (Å²) in [6.07, 6.45) is 4.83. The van der Waals surface area contributed by atoms with Gasteiger partial charge in [0.25, 0.3) is 0 Å². The van der Waals surface area contributed by atoms with Crippen LogP contribution in [0.2, 0.25) is 0 Å². The number of hydrogen-bond acceptors (Lipinski definition) is 2. The fourth-order valence-corrected chi connectivity index (χ4v) is 1.93. The van der Waals surface area contributed by atoms with Gasteiger partial charge >= 0.3 is 0 Å². The molecule has 0 atom stereocenters. The van der Waals surface area contributed by atoms with E-state index >= 15 is 0 Å². The van der Waals surface area contributed by atoms with E-state index in [4.69, 9.17) is 4.74 Å². The van der Waals surface area contributed by atoms with E-state index in [-0.39, 0.29) is 0 Å². The summed E-state index contributed by atoms with van der Waals surface area (Å²) >= 11 is 7.66. The van der Waals surface area contributed by atoms with E-state index in [1.807, 2.05) is 12.1 Å². The van der Waals surface area contributed by atoms with Gasteiger partial charge in [0.2, 0.25) is 0 Å². The lowest BCUT2D eigenvalue weighted by molar-refractivity contribution is 0.305. The lowest BCUT2D eigenvalue weighted by Gasteiger charge is -2.07. The highest BCUT2D eigenvalue weighted by Crippen LogP contribution is 2.21. The Hall–Kier alpha value is -0.150. The highest BCUT2D eigenvalue weighted by molar-refractivity contribution is 9.10. The average Bonchev–Trinajstić information content (AvgIpc) is 2.28. The lowest BCUT2D eigenvalue weighted by Crippen LogP contribution is -1.97. The summed E-state index contributed by atoms with van der Waals surface area (Å²) in [6, 6.07) is 6.11. The van der Waals surface area contributed by atoms with Crippen LogP contribution in [0.5, 0.6) is 5.75 Å². The van der Waals surface area contributed by atoms with Crippen molar-refractivity contribution in [3.63, 3.8) is 0 Å². The van der Waals surface area contributed by atoms with Gasteiger partial charge in [-0.1, -0.05) is 28.8 Å². The SMILES string of the molecule is Cc1cc(OCCCCCCS)ccc1Br. The molecule has 0 spiro atoms. The van der Waals surface area contributed by atoms with Gasteiger partial charge in [0.15, 0.2) is 0 Å². The van der Waals surface area contributed by atoms with E-state index in [1.165, 1.54) is 24.8 Å². The molecule has 1 aromatic carbocycles. The maximum absolute atomic E-state index is 5.68. The van der Waals surface area contributed by atoms with E-state index < -0.39 is 0 Å². The first-order valence-electron chi connectivity index (χ1n) is 5.74. The minimum Gasteiger partial charge on any atom is -0.494 e. The second-order valence-corrected chi connectivity index (χ2v) is 5.20. The predicted molar refractivity (Wildman–Crippen MR) is 76.7 cm³/mol. The summed E-state index contributed by atoms with van der Waals surface area (Å²) in [4.78, 5) is 0. The smallest absolute Gasteiger partial charge is 0.119 e. The van der Waals surface area contributed by atoms with Gasteiger partial charge in [-0.05, 0) is 49.3 Å². The van der Waals surface area contributed by atoms with Crippen LogP contribution < -0.4 is 4.74 Å². The normalized spacial score (nSPS) is 10.4. The van der Waals surface area contributed by atoms with E-state index in [0.29, 0.717) is 0 Å². The Bertz CT molecular complexity index is 315. The van der Waals surface area contributed by atoms with E-state index in [9.17, 15) is 0 Å². The molecule has 0 saturated heterocycles. The number of aryl methyl sites for hydroxylation is 1. The molecular formula is C13H19BrOS. The zero-order valence-corrected chi connectivity index (χ0v) is 12.2. The quantitative estimate of drug-likeness (QED) is 0.571. The molecule has 1 nitrogen and oxygen atoms in total. The van der Waals surface area contributed by atoms with Gasteiger partial charge in [-0.3, -0.25) is 0 Å². The molecule has 0 aliphatic carbocycles. The minimum atomic E-state index is 0.813. The number of benzene rings is 1. The van der Waals surface area contributed by atoms with Crippen LogP contribution in [0.4, 0.5) is 0 Å². The Morgan fingerprint density at radius 1 is 1.19 bits per heavy atom. The third-order valence-electron chi connectivity index (χ3n) is 2.45. The van der Waals surface area contributed by atoms with Crippen molar-refractivity contribution in [2.24, 2.45) is 0 Å². The molecule has 0 fully saturated rings. The first-order chi connectivity index (χ1) is 7.74. The van der Waals surface area contributed by atoms with Crippen molar-refractivity contribution >= 4 is 28.6 Å². The number of thiol groups is 1. The van der Waals surface area contributed by atoms with Crippen LogP contribution in [-0.4, -0.2) is 12.4 Å². The molecule has 0 aliphatic rings. The van der Waals surface area contributed by atoms with Crippen molar-refractivity contribution in [3.8, 4) is 5.75 Å². The highest BCUT2D eigenvalue weighted by atomic mass is 79.9. The topological polar surface area (TPSA) is 9.23 Å². The number of hydrogen-bond donors (Lipinski definition) is 1. The monoisotopic (exact) mass is 302 g/mol. The number of halogens is 1. The summed E-state index contributed by atoms with van der Waals surface area (Å²) in [5.41, 5.74) is 1.22. The van der Waals surface area contributed by atoms with Crippen LogP contribution in [0.3, 0.4) is 0 Å². The third-order valence-corrected chi connectivity index (χ3v) is 3.66. The molecule has 0 aliphatic heterocycles. The van der Waals surface area contributed by atoms with E-state index in [2.05, 4.69) is 41.5 Å². The van der Waals surface area contributed by atoms with Gasteiger partial charge in [-0.2, -0.15) is 12.6 Å². The molecule has 0 amide bonds. The minimum absolute atomic E-state index is 0.813. The molecule has 0 N–H and O–H groups in total. The van der Waals surface area contributed by atoms with E-state index in [0.717, 1.165) is 29.0 Å². The van der Waals surface area contributed by atoms with Gasteiger partial charge in [0, 0.05) is 4.47 Å². The standard InChI is InChI=1S/C13H19BrOS/c1-11-10-12(6-7-13(11)14)15-8-4-2-3-5-9-16/h6-7,10,16H,2-5,8-9H2,1H3. The van der Waals surface area contributed by atoms with Crippen molar-refractivity contribution < 1.29 is 4.74 Å². The van der Waals surface area contributed by atoms with Gasteiger partial charge in [0.05, 0.1) is 6.61 Å². The Labute approximate surface area is 112 Å². The number of unbranched alkanes of at least 4 members (excludes halogenated alkanes) is 3. The van der Waals surface area contributed by atoms with Crippen LogP contribution in [0.25, 0.3) is 0 Å². The summed E-state index contributed by atoms with van der Waals surface area (Å²) in [7, 11) is 0. The Kier molecular flexibility index (Phi) is 6.97. The van der Waals surface area contributed by atoms with Crippen LogP contribution in [0.15, 0.2) is 22.7 Å². The Balaban J connectivity index is 2.19. The molecule has 0 heterocycles. The molecule has 0 aromatic heterocycles. The average molecular weight is 303 g/mol. The van der Waals surface area contributed by atoms with Gasteiger partial charge in [-0.25, -0.2) is 0 Å². The molecule has 0 unspecified atom stereocenters. The van der Waals surface area contributed by atoms with Crippen LogP contribution in [0, 0.1) is 6.92 Å². The summed E-state index contributed by atoms with van der Waals surface area (Å²) in [6.45, 7) is 2.89. The fraction of sp³-hybridized carbons (Fsp3) is 0.538. The second kappa shape index (κ2) is 8.02. The largest absolute Gasteiger partial charge is 0.494 e. The summed E-state index contributed by atoms with van der Waals surface area (Å²) in [5.74, 6) is 1.96. The molecule has 16 heavy (non-hydrogen) atoms. The zero-order chi connectivity index (χ0) is 11.8. The van der Waals surface area contributed by atoms with Crippen molar-refractivity contribution in [2.45, 2.75) is 32.6 Å². The van der Waals surface area contributed by atoms with Crippen LogP contribution >= 0.6 is 28.6 Å². The van der Waals surface area contributed by atoms with E-state index in [1.54, 1.807) is 0 Å². The first kappa shape index (κ1) is 13.9. The summed E-state index contributed by atoms with van der Waals surface area (Å²) < 4.78 is 6.82. The Morgan fingerprint density at radius 2 is 1.94 bits per heavy atom. The number of rotatable bonds is 7. The Morgan fingerprint density at radius 3 is 2.62 bits per heavy atom. The second-order valence-electron chi connectivity index (χ2n) is 3.90. The van der Waals surface area contributed by atoms with Crippen molar-refractivity contribution in [2.75, 3.05) is 12.4 Å². The van der Waals surface area contributed by atoms with Gasteiger partial charge in [0.1, 0.15) is 5.75 Å². The molecule has 0 radical (unpaired) electrons. The fourth-order valence-electron chi connectivity index (χ4n) is 1.46. The number of ether oxygens (including phenoxy) is 1. The zero-order valence-electron chi connectivity index (χ0n) is 9.71. The predicted octanol–water partition coefficient (Wildman–Crippen LogP) is 4.63. The maximum Gasteiger partial charge on any atom is 0.119 e. The van der Waals surface area contributed by atoms with Gasteiger partial charge < -0.3 is 4.74 Å². The van der Waals surface area contributed by atoms with Crippen LogP contribution in [-0.2, 0) is 0 Å². The van der Waals surface area contributed by atoms with Crippen molar-refractivity contribution in [1.82, 2.24) is 0 Å². The lowest BCUT2D eigenvalue weighted by atomic mass is 10.2. The molecule has 0 saturated carbocycles. The molecule has 90 valence electrons. The third kappa shape index (κ3) is 5.26. The van der Waals surface area contributed by atoms with Crippen molar-refractivity contribution in [1.29, 1.82) is 0 Å². The molecule has 1 rings (SSSR count). The summed E-state index contributed by atoms with van der Waals surface area (Å²) in [5, 5.41) is 0. The molecular weight excluding hydrogens is 284 g/mol. The highest BCUT2D eigenvalue weighted by Gasteiger charge is 1.98. The first-order valence-corrected chi connectivity index (χ1v) is 7.16. The maximum atomic E-state index is 5.68. The molecule has 0 bridgehead atoms. The van der Waals surface area contributed by atoms with Crippen molar-refractivity contribution in [3.05, 3.63) is 28.2 Å². The molecule has 3 heteroatoms.